The SMILES string of the molecule is CCOC(=O)Cc1csc(NC(=O)CSc2nnc(-c3ccncc3)n2CCCN(C)C)n1. The summed E-state index contributed by atoms with van der Waals surface area (Å²) in [6, 6.07) is 3.79. The van der Waals surface area contributed by atoms with E-state index < -0.39 is 0 Å². The van der Waals surface area contributed by atoms with Gasteiger partial charge in [0.1, 0.15) is 0 Å². The number of ether oxygens (including phenoxy) is 1. The first kappa shape index (κ1) is 24.8. The number of pyridine rings is 1. The van der Waals surface area contributed by atoms with Crippen molar-refractivity contribution in [3.63, 3.8) is 0 Å². The lowest BCUT2D eigenvalue weighted by Gasteiger charge is -2.13. The van der Waals surface area contributed by atoms with Crippen molar-refractivity contribution in [3.8, 4) is 11.4 Å². The summed E-state index contributed by atoms with van der Waals surface area (Å²) < 4.78 is 6.96. The second-order valence-electron chi connectivity index (χ2n) is 7.31. The molecular formula is C21H27N7O3S2. The number of esters is 1. The molecule has 3 aromatic heterocycles. The third-order valence-electron chi connectivity index (χ3n) is 4.40. The molecule has 0 fully saturated rings. The number of nitrogens with zero attached hydrogens (tertiary/aromatic N) is 6. The Hall–Kier alpha value is -2.83. The number of carbonyl (C=O) groups excluding carboxylic acids is 2. The largest absolute Gasteiger partial charge is 0.466 e. The molecule has 0 saturated carbocycles. The third-order valence-corrected chi connectivity index (χ3v) is 6.18. The lowest BCUT2D eigenvalue weighted by molar-refractivity contribution is -0.142. The van der Waals surface area contributed by atoms with Gasteiger partial charge in [-0.05, 0) is 46.1 Å². The van der Waals surface area contributed by atoms with Crippen LogP contribution in [0.4, 0.5) is 5.13 Å². The molecule has 0 aromatic carbocycles. The molecule has 0 spiro atoms. The summed E-state index contributed by atoms with van der Waals surface area (Å²) in [6.45, 7) is 3.74. The molecule has 0 unspecified atom stereocenters. The molecular weight excluding hydrogens is 462 g/mol. The Bertz CT molecular complexity index is 1050. The van der Waals surface area contributed by atoms with E-state index in [9.17, 15) is 9.59 Å². The summed E-state index contributed by atoms with van der Waals surface area (Å²) in [5.74, 6) is 0.373. The Balaban J connectivity index is 1.62. The molecule has 176 valence electrons. The molecule has 12 heteroatoms. The van der Waals surface area contributed by atoms with E-state index in [1.807, 2.05) is 30.8 Å². The number of aromatic nitrogens is 5. The van der Waals surface area contributed by atoms with Gasteiger partial charge in [-0.3, -0.25) is 14.6 Å². The first-order valence-corrected chi connectivity index (χ1v) is 12.3. The lowest BCUT2D eigenvalue weighted by atomic mass is 10.2. The van der Waals surface area contributed by atoms with Gasteiger partial charge in [-0.2, -0.15) is 0 Å². The van der Waals surface area contributed by atoms with Crippen LogP contribution >= 0.6 is 23.1 Å². The lowest BCUT2D eigenvalue weighted by Crippen LogP contribution is -2.17. The van der Waals surface area contributed by atoms with Crippen molar-refractivity contribution in [3.05, 3.63) is 35.6 Å². The summed E-state index contributed by atoms with van der Waals surface area (Å²) in [7, 11) is 4.07. The molecule has 0 aliphatic rings. The fourth-order valence-corrected chi connectivity index (χ4v) is 4.44. The van der Waals surface area contributed by atoms with Crippen LogP contribution in [0.25, 0.3) is 11.4 Å². The maximum absolute atomic E-state index is 12.5. The minimum Gasteiger partial charge on any atom is -0.466 e. The first-order chi connectivity index (χ1) is 16.0. The summed E-state index contributed by atoms with van der Waals surface area (Å²) in [6.07, 6.45) is 4.45. The van der Waals surface area contributed by atoms with E-state index in [0.29, 0.717) is 22.6 Å². The second-order valence-corrected chi connectivity index (χ2v) is 9.11. The van der Waals surface area contributed by atoms with Crippen LogP contribution in [0.2, 0.25) is 0 Å². The smallest absolute Gasteiger partial charge is 0.311 e. The number of nitrogens with one attached hydrogen (secondary N) is 1. The molecule has 0 aliphatic carbocycles. The van der Waals surface area contributed by atoms with Gasteiger partial charge in [0.2, 0.25) is 5.91 Å². The van der Waals surface area contributed by atoms with E-state index in [1.54, 1.807) is 24.7 Å². The number of carbonyl (C=O) groups is 2. The standard InChI is InChI=1S/C21H27N7O3S2/c1-4-31-18(30)12-16-13-32-20(23-16)24-17(29)14-33-21-26-25-19(15-6-8-22-9-7-15)28(21)11-5-10-27(2)3/h6-9,13H,4-5,10-12,14H2,1-3H3,(H,23,24,29). The fourth-order valence-electron chi connectivity index (χ4n) is 2.95. The Morgan fingerprint density at radius 3 is 2.76 bits per heavy atom. The molecule has 0 bridgehead atoms. The first-order valence-electron chi connectivity index (χ1n) is 10.5. The van der Waals surface area contributed by atoms with Crippen molar-refractivity contribution < 1.29 is 14.3 Å². The van der Waals surface area contributed by atoms with E-state index in [0.717, 1.165) is 30.9 Å². The van der Waals surface area contributed by atoms with Crippen LogP contribution in [0, 0.1) is 0 Å². The van der Waals surface area contributed by atoms with E-state index in [2.05, 4.69) is 30.4 Å². The number of hydrogen-bond donors (Lipinski definition) is 1. The Labute approximate surface area is 200 Å². The van der Waals surface area contributed by atoms with Crippen LogP contribution in [0.5, 0.6) is 0 Å². The van der Waals surface area contributed by atoms with Crippen LogP contribution in [0.1, 0.15) is 19.0 Å². The molecule has 33 heavy (non-hydrogen) atoms. The van der Waals surface area contributed by atoms with Crippen molar-refractivity contribution in [2.45, 2.75) is 31.5 Å². The molecule has 1 amide bonds. The zero-order chi connectivity index (χ0) is 23.6. The van der Waals surface area contributed by atoms with Crippen LogP contribution in [-0.4, -0.2) is 74.5 Å². The minimum atomic E-state index is -0.338. The topological polar surface area (TPSA) is 115 Å². The quantitative estimate of drug-likeness (QED) is 0.303. The van der Waals surface area contributed by atoms with Crippen LogP contribution in [0.3, 0.4) is 0 Å². The zero-order valence-corrected chi connectivity index (χ0v) is 20.5. The summed E-state index contributed by atoms with van der Waals surface area (Å²) in [5, 5.41) is 14.3. The molecule has 3 aromatic rings. The molecule has 0 radical (unpaired) electrons. The van der Waals surface area contributed by atoms with Gasteiger partial charge in [-0.15, -0.1) is 21.5 Å². The van der Waals surface area contributed by atoms with Crippen molar-refractivity contribution in [2.75, 3.05) is 38.3 Å². The number of thioether (sulfide) groups is 1. The number of anilines is 1. The maximum Gasteiger partial charge on any atom is 0.311 e. The van der Waals surface area contributed by atoms with Crippen molar-refractivity contribution >= 4 is 40.1 Å². The van der Waals surface area contributed by atoms with Gasteiger partial charge in [-0.25, -0.2) is 4.98 Å². The fraction of sp³-hybridized carbons (Fsp3) is 0.429. The Morgan fingerprint density at radius 1 is 1.24 bits per heavy atom. The molecule has 1 N–H and O–H groups in total. The summed E-state index contributed by atoms with van der Waals surface area (Å²) in [4.78, 5) is 34.5. The average molecular weight is 490 g/mol. The number of thiazole rings is 1. The highest BCUT2D eigenvalue weighted by atomic mass is 32.2. The molecule has 3 heterocycles. The second kappa shape index (κ2) is 12.4. The summed E-state index contributed by atoms with van der Waals surface area (Å²) >= 11 is 2.60. The van der Waals surface area contributed by atoms with Gasteiger partial charge >= 0.3 is 5.97 Å². The van der Waals surface area contributed by atoms with Gasteiger partial charge in [-0.1, -0.05) is 11.8 Å². The zero-order valence-electron chi connectivity index (χ0n) is 18.9. The monoisotopic (exact) mass is 489 g/mol. The van der Waals surface area contributed by atoms with Gasteiger partial charge < -0.3 is 19.5 Å². The highest BCUT2D eigenvalue weighted by Gasteiger charge is 2.16. The van der Waals surface area contributed by atoms with Crippen LogP contribution < -0.4 is 5.32 Å². The third kappa shape index (κ3) is 7.62. The van der Waals surface area contributed by atoms with Crippen molar-refractivity contribution in [1.82, 2.24) is 29.6 Å². The van der Waals surface area contributed by atoms with E-state index in [-0.39, 0.29) is 24.1 Å². The average Bonchev–Trinajstić information content (AvgIpc) is 3.39. The normalized spacial score (nSPS) is 11.0. The van der Waals surface area contributed by atoms with E-state index in [1.165, 1.54) is 23.1 Å². The predicted octanol–water partition coefficient (Wildman–Crippen LogP) is 2.58. The highest BCUT2D eigenvalue weighted by Crippen LogP contribution is 2.24. The van der Waals surface area contributed by atoms with Gasteiger partial charge in [0, 0.05) is 29.9 Å². The number of amides is 1. The number of hydrogen-bond acceptors (Lipinski definition) is 10. The van der Waals surface area contributed by atoms with Gasteiger partial charge in [0.05, 0.1) is 24.5 Å². The maximum atomic E-state index is 12.5. The van der Waals surface area contributed by atoms with E-state index >= 15 is 0 Å². The molecule has 3 rings (SSSR count). The van der Waals surface area contributed by atoms with Crippen LogP contribution in [0.15, 0.2) is 35.1 Å². The minimum absolute atomic E-state index is 0.0861. The summed E-state index contributed by atoms with van der Waals surface area (Å²) in [5.41, 5.74) is 1.50. The van der Waals surface area contributed by atoms with E-state index in [4.69, 9.17) is 4.74 Å². The van der Waals surface area contributed by atoms with Crippen molar-refractivity contribution in [2.24, 2.45) is 0 Å². The Kier molecular flexibility index (Phi) is 9.34. The molecule has 10 nitrogen and oxygen atoms in total. The van der Waals surface area contributed by atoms with Crippen molar-refractivity contribution in [1.29, 1.82) is 0 Å². The van der Waals surface area contributed by atoms with Gasteiger partial charge in [0.15, 0.2) is 16.1 Å². The Morgan fingerprint density at radius 2 is 2.03 bits per heavy atom. The van der Waals surface area contributed by atoms with Gasteiger partial charge in [0.25, 0.3) is 0 Å². The molecule has 0 saturated heterocycles. The molecule has 0 atom stereocenters. The predicted molar refractivity (Wildman–Crippen MR) is 128 cm³/mol. The van der Waals surface area contributed by atoms with Crippen LogP contribution in [-0.2, 0) is 27.3 Å². The number of rotatable bonds is 12. The highest BCUT2D eigenvalue weighted by molar-refractivity contribution is 7.99. The molecule has 0 aliphatic heterocycles.